The number of aldehydes is 1. The van der Waals surface area contributed by atoms with Crippen molar-refractivity contribution in [3.63, 3.8) is 0 Å². The van der Waals surface area contributed by atoms with Crippen LogP contribution in [0.2, 0.25) is 5.02 Å². The van der Waals surface area contributed by atoms with Crippen molar-refractivity contribution in [1.29, 1.82) is 0 Å². The van der Waals surface area contributed by atoms with E-state index in [1.165, 1.54) is 0 Å². The Balaban J connectivity index is 2.70. The van der Waals surface area contributed by atoms with Gasteiger partial charge in [-0.25, -0.2) is 0 Å². The van der Waals surface area contributed by atoms with Crippen LogP contribution in [-0.4, -0.2) is 10.9 Å². The van der Waals surface area contributed by atoms with Crippen LogP contribution in [-0.2, 0) is 11.3 Å². The van der Waals surface area contributed by atoms with Crippen LogP contribution in [0.3, 0.4) is 0 Å². The van der Waals surface area contributed by atoms with E-state index in [0.29, 0.717) is 6.54 Å². The van der Waals surface area contributed by atoms with Crippen LogP contribution in [0.25, 0.3) is 10.9 Å². The van der Waals surface area contributed by atoms with Crippen LogP contribution in [0, 0.1) is 6.92 Å². The van der Waals surface area contributed by atoms with Gasteiger partial charge in [-0.1, -0.05) is 11.6 Å². The number of aromatic nitrogens is 1. The first-order valence-corrected chi connectivity index (χ1v) is 4.79. The Labute approximate surface area is 87.1 Å². The minimum Gasteiger partial charge on any atom is -0.340 e. The third-order valence-corrected chi connectivity index (χ3v) is 2.55. The predicted octanol–water partition coefficient (Wildman–Crippen LogP) is 2.80. The molecule has 14 heavy (non-hydrogen) atoms. The molecule has 0 unspecified atom stereocenters. The smallest absolute Gasteiger partial charge is 0.139 e. The van der Waals surface area contributed by atoms with Crippen LogP contribution in [0.15, 0.2) is 24.4 Å². The van der Waals surface area contributed by atoms with Crippen molar-refractivity contribution in [1.82, 2.24) is 4.57 Å². The Morgan fingerprint density at radius 3 is 3.00 bits per heavy atom. The highest BCUT2D eigenvalue weighted by molar-refractivity contribution is 6.31. The van der Waals surface area contributed by atoms with Crippen molar-refractivity contribution in [2.24, 2.45) is 0 Å². The van der Waals surface area contributed by atoms with Gasteiger partial charge in [-0.2, -0.15) is 0 Å². The number of halogens is 1. The van der Waals surface area contributed by atoms with Crippen molar-refractivity contribution < 1.29 is 4.79 Å². The minimum atomic E-state index is 0.395. The lowest BCUT2D eigenvalue weighted by Gasteiger charge is -1.98. The van der Waals surface area contributed by atoms with E-state index in [2.05, 4.69) is 0 Å². The first kappa shape index (κ1) is 9.28. The maximum Gasteiger partial charge on any atom is 0.139 e. The molecule has 0 amide bonds. The van der Waals surface area contributed by atoms with Crippen LogP contribution in [0.1, 0.15) is 5.56 Å². The molecule has 0 aliphatic heterocycles. The lowest BCUT2D eigenvalue weighted by Crippen LogP contribution is -1.95. The van der Waals surface area contributed by atoms with Crippen molar-refractivity contribution >= 4 is 28.8 Å². The fourth-order valence-corrected chi connectivity index (χ4v) is 1.85. The highest BCUT2D eigenvalue weighted by atomic mass is 35.5. The summed E-state index contributed by atoms with van der Waals surface area (Å²) in [6.45, 7) is 2.41. The molecule has 1 aromatic carbocycles. The van der Waals surface area contributed by atoms with Crippen LogP contribution >= 0.6 is 11.6 Å². The molecule has 2 nitrogen and oxygen atoms in total. The van der Waals surface area contributed by atoms with Gasteiger partial charge in [-0.05, 0) is 30.7 Å². The fraction of sp³-hybridized carbons (Fsp3) is 0.182. The summed E-state index contributed by atoms with van der Waals surface area (Å²) in [4.78, 5) is 10.4. The second-order valence-electron chi connectivity index (χ2n) is 3.29. The number of nitrogens with zero attached hydrogens (tertiary/aromatic N) is 1. The molecular weight excluding hydrogens is 198 g/mol. The standard InChI is InChI=1S/C11H10ClNO/c1-8-7-13(4-5-14)11-3-2-9(12)6-10(8)11/h2-3,5-7H,4H2,1H3. The molecule has 0 atom stereocenters. The van der Waals surface area contributed by atoms with E-state index < -0.39 is 0 Å². The molecule has 0 aliphatic carbocycles. The van der Waals surface area contributed by atoms with Gasteiger partial charge in [-0.15, -0.1) is 0 Å². The molecule has 0 fully saturated rings. The number of aryl methyl sites for hydroxylation is 1. The summed E-state index contributed by atoms with van der Waals surface area (Å²) in [6.07, 6.45) is 2.86. The number of benzene rings is 1. The fourth-order valence-electron chi connectivity index (χ4n) is 1.68. The van der Waals surface area contributed by atoms with E-state index >= 15 is 0 Å². The summed E-state index contributed by atoms with van der Waals surface area (Å²) in [6, 6.07) is 5.70. The molecule has 0 radical (unpaired) electrons. The molecule has 1 heterocycles. The zero-order chi connectivity index (χ0) is 10.1. The Kier molecular flexibility index (Phi) is 2.30. The van der Waals surface area contributed by atoms with Gasteiger partial charge >= 0.3 is 0 Å². The summed E-state index contributed by atoms with van der Waals surface area (Å²) in [7, 11) is 0. The summed E-state index contributed by atoms with van der Waals surface area (Å²) in [5, 5.41) is 1.84. The summed E-state index contributed by atoms with van der Waals surface area (Å²) < 4.78 is 1.92. The minimum absolute atomic E-state index is 0.395. The maximum absolute atomic E-state index is 10.4. The van der Waals surface area contributed by atoms with Crippen LogP contribution in [0.4, 0.5) is 0 Å². The molecule has 0 spiro atoms. The monoisotopic (exact) mass is 207 g/mol. The first-order chi connectivity index (χ1) is 6.72. The second kappa shape index (κ2) is 3.46. The summed E-state index contributed by atoms with van der Waals surface area (Å²) in [5.74, 6) is 0. The van der Waals surface area contributed by atoms with Crippen molar-refractivity contribution in [3.8, 4) is 0 Å². The van der Waals surface area contributed by atoms with E-state index in [0.717, 1.165) is 27.8 Å². The number of hydrogen-bond donors (Lipinski definition) is 0. The van der Waals surface area contributed by atoms with Gasteiger partial charge < -0.3 is 9.36 Å². The van der Waals surface area contributed by atoms with E-state index in [1.54, 1.807) is 0 Å². The number of rotatable bonds is 2. The molecule has 2 aromatic rings. The van der Waals surface area contributed by atoms with Crippen LogP contribution in [0.5, 0.6) is 0 Å². The number of fused-ring (bicyclic) bond motifs is 1. The molecule has 1 aromatic heterocycles. The zero-order valence-electron chi connectivity index (χ0n) is 7.83. The molecule has 0 N–H and O–H groups in total. The Bertz CT molecular complexity index is 487. The number of hydrogen-bond acceptors (Lipinski definition) is 1. The first-order valence-electron chi connectivity index (χ1n) is 4.41. The van der Waals surface area contributed by atoms with Crippen molar-refractivity contribution in [2.45, 2.75) is 13.5 Å². The molecule has 0 bridgehead atoms. The lowest BCUT2D eigenvalue weighted by molar-refractivity contribution is -0.108. The SMILES string of the molecule is Cc1cn(CC=O)c2ccc(Cl)cc12. The quantitative estimate of drug-likeness (QED) is 0.695. The average Bonchev–Trinajstić information content (AvgIpc) is 2.44. The zero-order valence-corrected chi connectivity index (χ0v) is 8.58. The van der Waals surface area contributed by atoms with Gasteiger partial charge in [0.1, 0.15) is 6.29 Å². The van der Waals surface area contributed by atoms with Crippen molar-refractivity contribution in [2.75, 3.05) is 0 Å². The summed E-state index contributed by atoms with van der Waals surface area (Å²) >= 11 is 5.90. The van der Waals surface area contributed by atoms with Gasteiger partial charge in [-0.3, -0.25) is 0 Å². The number of carbonyl (C=O) groups is 1. The van der Waals surface area contributed by atoms with Gasteiger partial charge in [0.25, 0.3) is 0 Å². The molecule has 0 aliphatic rings. The maximum atomic E-state index is 10.4. The molecule has 0 saturated carbocycles. The van der Waals surface area contributed by atoms with Crippen molar-refractivity contribution in [3.05, 3.63) is 35.0 Å². The third-order valence-electron chi connectivity index (χ3n) is 2.31. The topological polar surface area (TPSA) is 22.0 Å². The van der Waals surface area contributed by atoms with E-state index in [9.17, 15) is 4.79 Å². The van der Waals surface area contributed by atoms with Gasteiger partial charge in [0.05, 0.1) is 6.54 Å². The molecule has 2 rings (SSSR count). The molecular formula is C11H10ClNO. The van der Waals surface area contributed by atoms with E-state index in [1.807, 2.05) is 35.9 Å². The molecule has 72 valence electrons. The second-order valence-corrected chi connectivity index (χ2v) is 3.73. The van der Waals surface area contributed by atoms with Gasteiger partial charge in [0.2, 0.25) is 0 Å². The Morgan fingerprint density at radius 1 is 1.50 bits per heavy atom. The molecule has 3 heteroatoms. The average molecular weight is 208 g/mol. The molecule has 0 saturated heterocycles. The van der Waals surface area contributed by atoms with Gasteiger partial charge in [0.15, 0.2) is 0 Å². The van der Waals surface area contributed by atoms with Gasteiger partial charge in [0, 0.05) is 22.1 Å². The van der Waals surface area contributed by atoms with E-state index in [-0.39, 0.29) is 0 Å². The normalized spacial score (nSPS) is 10.7. The Hall–Kier alpha value is -1.28. The highest BCUT2D eigenvalue weighted by Gasteiger charge is 2.04. The van der Waals surface area contributed by atoms with E-state index in [4.69, 9.17) is 11.6 Å². The predicted molar refractivity (Wildman–Crippen MR) is 57.7 cm³/mol. The summed E-state index contributed by atoms with van der Waals surface area (Å²) in [5.41, 5.74) is 2.20. The largest absolute Gasteiger partial charge is 0.340 e. The highest BCUT2D eigenvalue weighted by Crippen LogP contribution is 2.23. The lowest BCUT2D eigenvalue weighted by atomic mass is 10.2. The third kappa shape index (κ3) is 1.42. The number of carbonyl (C=O) groups excluding carboxylic acids is 1. The van der Waals surface area contributed by atoms with Crippen LogP contribution < -0.4 is 0 Å². The Morgan fingerprint density at radius 2 is 2.29 bits per heavy atom.